The highest BCUT2D eigenvalue weighted by Crippen LogP contribution is 1.89. The lowest BCUT2D eigenvalue weighted by molar-refractivity contribution is 0.346. The molecule has 0 aliphatic rings. The minimum absolute atomic E-state index is 0.610. The lowest BCUT2D eigenvalue weighted by Gasteiger charge is -2.15. The highest BCUT2D eigenvalue weighted by Gasteiger charge is 1.98. The van der Waals surface area contributed by atoms with Gasteiger partial charge >= 0.3 is 0 Å². The summed E-state index contributed by atoms with van der Waals surface area (Å²) in [6.07, 6.45) is 5.11. The summed E-state index contributed by atoms with van der Waals surface area (Å²) in [5.41, 5.74) is 0. The van der Waals surface area contributed by atoms with E-state index in [-0.39, 0.29) is 0 Å². The maximum Gasteiger partial charge on any atom is 0.0599 e. The number of rotatable bonds is 5. The van der Waals surface area contributed by atoms with E-state index in [1.54, 1.807) is 0 Å². The van der Waals surface area contributed by atoms with Gasteiger partial charge in [0.1, 0.15) is 0 Å². The topological polar surface area (TPSA) is 3.24 Å². The van der Waals surface area contributed by atoms with E-state index in [4.69, 9.17) is 29.6 Å². The normalized spacial score (nSPS) is 9.80. The third-order valence-corrected chi connectivity index (χ3v) is 1.45. The molecule has 0 fully saturated rings. The summed E-state index contributed by atoms with van der Waals surface area (Å²) in [4.78, 5) is 2.04. The zero-order chi connectivity index (χ0) is 7.82. The van der Waals surface area contributed by atoms with Crippen LogP contribution in [0.25, 0.3) is 0 Å². The number of hydrogen-bond donors (Lipinski definition) is 0. The second kappa shape index (κ2) is 7.21. The van der Waals surface area contributed by atoms with Gasteiger partial charge in [-0.3, -0.25) is 4.90 Å². The Morgan fingerprint density at radius 2 is 1.70 bits per heavy atom. The van der Waals surface area contributed by atoms with E-state index in [9.17, 15) is 0 Å². The Kier molecular flexibility index (Phi) is 7.28. The molecule has 0 radical (unpaired) electrons. The molecule has 3 heteroatoms. The second-order valence-corrected chi connectivity index (χ2v) is 2.61. The molecule has 0 unspecified atom stereocenters. The standard InChI is InChI=1S/C7H11Cl2N/c1-2-5-10(6-3-8)7-4-9/h1H,3-7H2. The summed E-state index contributed by atoms with van der Waals surface area (Å²) in [7, 11) is 0. The molecule has 0 saturated heterocycles. The van der Waals surface area contributed by atoms with E-state index in [0.717, 1.165) is 13.1 Å². The van der Waals surface area contributed by atoms with Crippen LogP contribution in [0.4, 0.5) is 0 Å². The van der Waals surface area contributed by atoms with Crippen LogP contribution in [0.1, 0.15) is 0 Å². The first kappa shape index (κ1) is 10.1. The first-order valence-corrected chi connectivity index (χ1v) is 4.19. The van der Waals surface area contributed by atoms with Crippen molar-refractivity contribution in [3.8, 4) is 12.3 Å². The van der Waals surface area contributed by atoms with Gasteiger partial charge in [0, 0.05) is 24.8 Å². The van der Waals surface area contributed by atoms with E-state index >= 15 is 0 Å². The zero-order valence-electron chi connectivity index (χ0n) is 5.82. The molecule has 0 aromatic heterocycles. The summed E-state index contributed by atoms with van der Waals surface area (Å²) in [6.45, 7) is 2.27. The lowest BCUT2D eigenvalue weighted by Crippen LogP contribution is -2.28. The fraction of sp³-hybridized carbons (Fsp3) is 0.714. The number of nitrogens with zero attached hydrogens (tertiary/aromatic N) is 1. The minimum Gasteiger partial charge on any atom is -0.290 e. The molecular formula is C7H11Cl2N. The average Bonchev–Trinajstić information content (AvgIpc) is 1.90. The highest BCUT2D eigenvalue weighted by atomic mass is 35.5. The van der Waals surface area contributed by atoms with Crippen molar-refractivity contribution in [1.82, 2.24) is 4.90 Å². The molecule has 1 nitrogen and oxygen atoms in total. The Bertz CT molecular complexity index is 103. The van der Waals surface area contributed by atoms with Crippen molar-refractivity contribution in [1.29, 1.82) is 0 Å². The van der Waals surface area contributed by atoms with Crippen LogP contribution in [0.3, 0.4) is 0 Å². The predicted molar refractivity (Wildman–Crippen MR) is 46.7 cm³/mol. The number of terminal acetylenes is 1. The van der Waals surface area contributed by atoms with Crippen LogP contribution < -0.4 is 0 Å². The number of hydrogen-bond acceptors (Lipinski definition) is 1. The van der Waals surface area contributed by atoms with E-state index in [0.29, 0.717) is 18.3 Å². The first-order chi connectivity index (χ1) is 4.85. The van der Waals surface area contributed by atoms with Gasteiger partial charge in [-0.25, -0.2) is 0 Å². The summed E-state index contributed by atoms with van der Waals surface area (Å²) < 4.78 is 0. The van der Waals surface area contributed by atoms with Gasteiger partial charge in [0.2, 0.25) is 0 Å². The first-order valence-electron chi connectivity index (χ1n) is 3.13. The van der Waals surface area contributed by atoms with Crippen LogP contribution in [0.15, 0.2) is 0 Å². The van der Waals surface area contributed by atoms with E-state index < -0.39 is 0 Å². The van der Waals surface area contributed by atoms with Crippen molar-refractivity contribution < 1.29 is 0 Å². The van der Waals surface area contributed by atoms with Crippen molar-refractivity contribution in [2.24, 2.45) is 0 Å². The van der Waals surface area contributed by atoms with Crippen molar-refractivity contribution in [3.63, 3.8) is 0 Å². The fourth-order valence-electron chi connectivity index (χ4n) is 0.638. The molecular weight excluding hydrogens is 169 g/mol. The SMILES string of the molecule is C#CCN(CCCl)CCCl. The van der Waals surface area contributed by atoms with E-state index in [1.165, 1.54) is 0 Å². The van der Waals surface area contributed by atoms with Crippen LogP contribution >= 0.6 is 23.2 Å². The van der Waals surface area contributed by atoms with Crippen LogP contribution in [-0.4, -0.2) is 36.3 Å². The number of alkyl halides is 2. The van der Waals surface area contributed by atoms with Crippen LogP contribution in [-0.2, 0) is 0 Å². The Morgan fingerprint density at radius 3 is 2.00 bits per heavy atom. The molecule has 0 aliphatic heterocycles. The maximum absolute atomic E-state index is 5.51. The molecule has 0 saturated carbocycles. The molecule has 10 heavy (non-hydrogen) atoms. The van der Waals surface area contributed by atoms with Gasteiger partial charge in [-0.2, -0.15) is 0 Å². The Hall–Kier alpha value is 0.100. The summed E-state index contributed by atoms with van der Waals surface area (Å²) in [5, 5.41) is 0. The third-order valence-electron chi connectivity index (χ3n) is 1.12. The minimum atomic E-state index is 0.610. The molecule has 58 valence electrons. The monoisotopic (exact) mass is 179 g/mol. The van der Waals surface area contributed by atoms with Crippen molar-refractivity contribution in [2.75, 3.05) is 31.4 Å². The largest absolute Gasteiger partial charge is 0.290 e. The molecule has 0 aromatic rings. The Labute approximate surface area is 72.3 Å². The van der Waals surface area contributed by atoms with Crippen LogP contribution in [0, 0.1) is 12.3 Å². The maximum atomic E-state index is 5.51. The summed E-state index contributed by atoms with van der Waals surface area (Å²) in [6, 6.07) is 0. The number of halogens is 2. The quantitative estimate of drug-likeness (QED) is 0.456. The van der Waals surface area contributed by atoms with E-state index in [1.807, 2.05) is 4.90 Å². The fourth-order valence-corrected chi connectivity index (χ4v) is 1.12. The molecule has 0 amide bonds. The molecule has 0 atom stereocenters. The zero-order valence-corrected chi connectivity index (χ0v) is 7.33. The van der Waals surface area contributed by atoms with Crippen molar-refractivity contribution in [3.05, 3.63) is 0 Å². The average molecular weight is 180 g/mol. The van der Waals surface area contributed by atoms with Gasteiger partial charge in [-0.05, 0) is 0 Å². The summed E-state index contributed by atoms with van der Waals surface area (Å²) >= 11 is 11.0. The van der Waals surface area contributed by atoms with Gasteiger partial charge in [0.05, 0.1) is 6.54 Å². The van der Waals surface area contributed by atoms with E-state index in [2.05, 4.69) is 5.92 Å². The third kappa shape index (κ3) is 4.93. The smallest absolute Gasteiger partial charge is 0.0599 e. The van der Waals surface area contributed by atoms with Crippen LogP contribution in [0.5, 0.6) is 0 Å². The Balaban J connectivity index is 3.42. The summed E-state index contributed by atoms with van der Waals surface area (Å²) in [5.74, 6) is 3.77. The molecule has 0 heterocycles. The molecule has 0 spiro atoms. The van der Waals surface area contributed by atoms with Crippen molar-refractivity contribution in [2.45, 2.75) is 0 Å². The molecule has 0 aromatic carbocycles. The molecule has 0 rings (SSSR count). The molecule has 0 bridgehead atoms. The molecule has 0 N–H and O–H groups in total. The van der Waals surface area contributed by atoms with Gasteiger partial charge in [0.15, 0.2) is 0 Å². The van der Waals surface area contributed by atoms with Gasteiger partial charge < -0.3 is 0 Å². The van der Waals surface area contributed by atoms with Gasteiger partial charge in [-0.15, -0.1) is 29.6 Å². The van der Waals surface area contributed by atoms with Gasteiger partial charge in [-0.1, -0.05) is 5.92 Å². The molecule has 0 aliphatic carbocycles. The predicted octanol–water partition coefficient (Wildman–Crippen LogP) is 1.40. The van der Waals surface area contributed by atoms with Crippen LogP contribution in [0.2, 0.25) is 0 Å². The lowest BCUT2D eigenvalue weighted by atomic mass is 10.5. The van der Waals surface area contributed by atoms with Crippen molar-refractivity contribution >= 4 is 23.2 Å². The van der Waals surface area contributed by atoms with Gasteiger partial charge in [0.25, 0.3) is 0 Å². The Morgan fingerprint density at radius 1 is 1.20 bits per heavy atom. The highest BCUT2D eigenvalue weighted by molar-refractivity contribution is 6.18. The second-order valence-electron chi connectivity index (χ2n) is 1.86.